The average Bonchev–Trinajstić information content (AvgIpc) is 2.95. The van der Waals surface area contributed by atoms with E-state index in [1.54, 1.807) is 24.6 Å². The number of nitrogens with zero attached hydrogens (tertiary/aromatic N) is 2. The van der Waals surface area contributed by atoms with Gasteiger partial charge in [-0.05, 0) is 43.3 Å². The SMILES string of the molecule is C/C(=N\NC(=O)c1cc(Br)ccc1O)c1cc2c(F)c(F)ccc2n1C. The molecule has 1 amide bonds. The molecule has 2 aromatic carbocycles. The van der Waals surface area contributed by atoms with Crippen LogP contribution >= 0.6 is 15.9 Å². The first-order valence-electron chi connectivity index (χ1n) is 7.56. The quantitative estimate of drug-likeness (QED) is 0.494. The number of hydrogen-bond donors (Lipinski definition) is 2. The fraction of sp³-hybridized carbons (Fsp3) is 0.111. The van der Waals surface area contributed by atoms with Crippen molar-refractivity contribution >= 4 is 38.5 Å². The van der Waals surface area contributed by atoms with E-state index in [2.05, 4.69) is 26.5 Å². The van der Waals surface area contributed by atoms with Crippen LogP contribution in [0, 0.1) is 11.6 Å². The highest BCUT2D eigenvalue weighted by Gasteiger charge is 2.15. The summed E-state index contributed by atoms with van der Waals surface area (Å²) in [5, 5.41) is 13.9. The van der Waals surface area contributed by atoms with Gasteiger partial charge in [0.1, 0.15) is 5.75 Å². The van der Waals surface area contributed by atoms with Crippen molar-refractivity contribution in [3.63, 3.8) is 0 Å². The normalized spacial score (nSPS) is 11.8. The fourth-order valence-electron chi connectivity index (χ4n) is 2.64. The molecule has 0 unspecified atom stereocenters. The Balaban J connectivity index is 1.92. The number of benzene rings is 2. The molecule has 26 heavy (non-hydrogen) atoms. The molecule has 0 radical (unpaired) electrons. The Morgan fingerprint density at radius 1 is 1.23 bits per heavy atom. The lowest BCUT2D eigenvalue weighted by Gasteiger charge is -2.06. The van der Waals surface area contributed by atoms with Gasteiger partial charge in [-0.2, -0.15) is 5.10 Å². The van der Waals surface area contributed by atoms with E-state index >= 15 is 0 Å². The van der Waals surface area contributed by atoms with Gasteiger partial charge in [-0.25, -0.2) is 14.2 Å². The maximum atomic E-state index is 13.9. The Morgan fingerprint density at radius 3 is 2.69 bits per heavy atom. The van der Waals surface area contributed by atoms with E-state index in [1.807, 2.05) is 0 Å². The zero-order valence-corrected chi connectivity index (χ0v) is 15.4. The smallest absolute Gasteiger partial charge is 0.275 e. The van der Waals surface area contributed by atoms with Gasteiger partial charge in [0.05, 0.1) is 22.5 Å². The Kier molecular flexibility index (Phi) is 4.78. The molecule has 0 saturated heterocycles. The number of aryl methyl sites for hydroxylation is 1. The van der Waals surface area contributed by atoms with Crippen LogP contribution in [0.25, 0.3) is 10.9 Å². The number of phenolic OH excluding ortho intramolecular Hbond substituents is 1. The third-order valence-corrected chi connectivity index (χ3v) is 4.51. The number of aromatic nitrogens is 1. The molecule has 8 heteroatoms. The summed E-state index contributed by atoms with van der Waals surface area (Å²) >= 11 is 3.23. The van der Waals surface area contributed by atoms with E-state index in [0.29, 0.717) is 21.4 Å². The van der Waals surface area contributed by atoms with Crippen molar-refractivity contribution in [2.24, 2.45) is 12.1 Å². The largest absolute Gasteiger partial charge is 0.507 e. The van der Waals surface area contributed by atoms with Crippen LogP contribution in [-0.4, -0.2) is 21.3 Å². The van der Waals surface area contributed by atoms with Crippen molar-refractivity contribution in [3.05, 3.63) is 63.8 Å². The van der Waals surface area contributed by atoms with Crippen LogP contribution in [0.15, 0.2) is 46.0 Å². The highest BCUT2D eigenvalue weighted by molar-refractivity contribution is 9.10. The number of carbonyl (C=O) groups excluding carboxylic acids is 1. The van der Waals surface area contributed by atoms with Gasteiger partial charge in [-0.1, -0.05) is 15.9 Å². The highest BCUT2D eigenvalue weighted by atomic mass is 79.9. The van der Waals surface area contributed by atoms with Crippen LogP contribution in [0.3, 0.4) is 0 Å². The van der Waals surface area contributed by atoms with E-state index in [9.17, 15) is 18.7 Å². The summed E-state index contributed by atoms with van der Waals surface area (Å²) in [4.78, 5) is 12.2. The van der Waals surface area contributed by atoms with E-state index in [1.165, 1.54) is 24.3 Å². The lowest BCUT2D eigenvalue weighted by atomic mass is 10.2. The van der Waals surface area contributed by atoms with Crippen LogP contribution in [0.2, 0.25) is 0 Å². The molecular formula is C18H14BrF2N3O2. The van der Waals surface area contributed by atoms with Gasteiger partial charge in [-0.3, -0.25) is 4.79 Å². The molecule has 1 heterocycles. The number of hydrogen-bond acceptors (Lipinski definition) is 3. The number of phenols is 1. The lowest BCUT2D eigenvalue weighted by Crippen LogP contribution is -2.20. The second kappa shape index (κ2) is 6.87. The standard InChI is InChI=1S/C18H14BrF2N3O2/c1-9(22-23-18(26)12-7-10(19)3-6-16(12)25)15-8-11-14(24(15)2)5-4-13(20)17(11)21/h3-8,25H,1-2H3,(H,23,26)/b22-9+. The number of amides is 1. The predicted molar refractivity (Wildman–Crippen MR) is 98.3 cm³/mol. The fourth-order valence-corrected chi connectivity index (χ4v) is 3.00. The summed E-state index contributed by atoms with van der Waals surface area (Å²) in [7, 11) is 1.69. The first-order chi connectivity index (χ1) is 12.3. The molecule has 3 rings (SSSR count). The molecule has 134 valence electrons. The summed E-state index contributed by atoms with van der Waals surface area (Å²) in [6.07, 6.45) is 0. The first kappa shape index (κ1) is 18.1. The number of fused-ring (bicyclic) bond motifs is 1. The van der Waals surface area contributed by atoms with Crippen LogP contribution in [-0.2, 0) is 7.05 Å². The molecular weight excluding hydrogens is 408 g/mol. The molecule has 0 aliphatic heterocycles. The first-order valence-corrected chi connectivity index (χ1v) is 8.36. The van der Waals surface area contributed by atoms with Gasteiger partial charge in [0, 0.05) is 16.9 Å². The molecule has 5 nitrogen and oxygen atoms in total. The van der Waals surface area contributed by atoms with E-state index in [-0.39, 0.29) is 16.7 Å². The molecule has 1 aromatic heterocycles. The Bertz CT molecular complexity index is 1060. The molecule has 0 spiro atoms. The van der Waals surface area contributed by atoms with Crippen molar-refractivity contribution in [3.8, 4) is 5.75 Å². The van der Waals surface area contributed by atoms with Gasteiger partial charge in [0.25, 0.3) is 5.91 Å². The van der Waals surface area contributed by atoms with Crippen molar-refractivity contribution in [2.45, 2.75) is 6.92 Å². The molecule has 0 saturated carbocycles. The summed E-state index contributed by atoms with van der Waals surface area (Å²) < 4.78 is 29.6. The molecule has 0 bridgehead atoms. The van der Waals surface area contributed by atoms with Crippen LogP contribution in [0.5, 0.6) is 5.75 Å². The van der Waals surface area contributed by atoms with E-state index < -0.39 is 17.5 Å². The Hall–Kier alpha value is -2.74. The zero-order chi connectivity index (χ0) is 19.0. The second-order valence-corrected chi connectivity index (χ2v) is 6.60. The van der Waals surface area contributed by atoms with E-state index in [4.69, 9.17) is 0 Å². The number of rotatable bonds is 3. The minimum absolute atomic E-state index is 0.0566. The number of nitrogens with one attached hydrogen (secondary N) is 1. The van der Waals surface area contributed by atoms with Crippen LogP contribution in [0.4, 0.5) is 8.78 Å². The summed E-state index contributed by atoms with van der Waals surface area (Å²) in [5.41, 5.74) is 3.82. The van der Waals surface area contributed by atoms with Gasteiger partial charge < -0.3 is 9.67 Å². The molecule has 3 aromatic rings. The maximum Gasteiger partial charge on any atom is 0.275 e. The number of hydrazone groups is 1. The van der Waals surface area contributed by atoms with Crippen molar-refractivity contribution in [1.82, 2.24) is 9.99 Å². The Morgan fingerprint density at radius 2 is 1.96 bits per heavy atom. The molecule has 0 aliphatic rings. The number of halogens is 3. The average molecular weight is 422 g/mol. The second-order valence-electron chi connectivity index (χ2n) is 5.68. The van der Waals surface area contributed by atoms with Crippen molar-refractivity contribution in [1.29, 1.82) is 0 Å². The topological polar surface area (TPSA) is 66.6 Å². The summed E-state index contributed by atoms with van der Waals surface area (Å²) in [5.74, 6) is -2.64. The minimum Gasteiger partial charge on any atom is -0.507 e. The highest BCUT2D eigenvalue weighted by Crippen LogP contribution is 2.24. The number of carbonyl (C=O) groups is 1. The number of aromatic hydroxyl groups is 1. The summed E-state index contributed by atoms with van der Waals surface area (Å²) in [6, 6.07) is 8.45. The summed E-state index contributed by atoms with van der Waals surface area (Å²) in [6.45, 7) is 1.63. The third-order valence-electron chi connectivity index (χ3n) is 4.01. The van der Waals surface area contributed by atoms with Gasteiger partial charge in [0.2, 0.25) is 0 Å². The van der Waals surface area contributed by atoms with Gasteiger partial charge >= 0.3 is 0 Å². The monoisotopic (exact) mass is 421 g/mol. The minimum atomic E-state index is -0.930. The zero-order valence-electron chi connectivity index (χ0n) is 13.8. The van der Waals surface area contributed by atoms with Gasteiger partial charge in [0.15, 0.2) is 11.6 Å². The third kappa shape index (κ3) is 3.20. The molecule has 0 aliphatic carbocycles. The molecule has 0 fully saturated rings. The van der Waals surface area contributed by atoms with Crippen LogP contribution < -0.4 is 5.43 Å². The Labute approximate surface area is 156 Å². The molecule has 0 atom stereocenters. The van der Waals surface area contributed by atoms with Gasteiger partial charge in [-0.15, -0.1) is 0 Å². The van der Waals surface area contributed by atoms with Crippen LogP contribution in [0.1, 0.15) is 23.0 Å². The molecule has 2 N–H and O–H groups in total. The van der Waals surface area contributed by atoms with Crippen molar-refractivity contribution in [2.75, 3.05) is 0 Å². The van der Waals surface area contributed by atoms with E-state index in [0.717, 1.165) is 6.07 Å². The maximum absolute atomic E-state index is 13.9. The predicted octanol–water partition coefficient (Wildman–Crippen LogP) is 4.08. The lowest BCUT2D eigenvalue weighted by molar-refractivity contribution is 0.0952. The van der Waals surface area contributed by atoms with Crippen molar-refractivity contribution < 1.29 is 18.7 Å².